The number of alkyl halides is 3. The zero-order valence-electron chi connectivity index (χ0n) is 17.2. The van der Waals surface area contributed by atoms with Gasteiger partial charge in [0, 0.05) is 31.4 Å². The Bertz CT molecular complexity index is 905. The summed E-state index contributed by atoms with van der Waals surface area (Å²) >= 11 is 0. The molecule has 1 heterocycles. The highest BCUT2D eigenvalue weighted by atomic mass is 19.4. The quantitative estimate of drug-likeness (QED) is 0.662. The number of carbonyl (C=O) groups excluding carboxylic acids is 1. The number of morpholine rings is 1. The maximum atomic E-state index is 13.6. The normalized spacial score (nSPS) is 14.6. The summed E-state index contributed by atoms with van der Waals surface area (Å²) in [7, 11) is 0. The highest BCUT2D eigenvalue weighted by Gasteiger charge is 2.34. The highest BCUT2D eigenvalue weighted by Crippen LogP contribution is 2.35. The molecule has 2 aromatic carbocycles. The van der Waals surface area contributed by atoms with E-state index in [1.165, 1.54) is 12.1 Å². The number of nitrogens with zero attached hydrogens (tertiary/aromatic N) is 1. The Hall–Kier alpha value is -3.00. The lowest BCUT2D eigenvalue weighted by atomic mass is 10.0. The minimum Gasteiger partial charge on any atom is -0.494 e. The van der Waals surface area contributed by atoms with Gasteiger partial charge < -0.3 is 19.7 Å². The van der Waals surface area contributed by atoms with Gasteiger partial charge in [-0.05, 0) is 48.4 Å². The number of anilines is 1. The van der Waals surface area contributed by atoms with Crippen molar-refractivity contribution in [1.29, 1.82) is 0 Å². The topological polar surface area (TPSA) is 50.8 Å². The average molecular weight is 434 g/mol. The molecule has 3 rings (SSSR count). The van der Waals surface area contributed by atoms with Crippen LogP contribution < -0.4 is 15.0 Å². The van der Waals surface area contributed by atoms with E-state index >= 15 is 0 Å². The third-order valence-corrected chi connectivity index (χ3v) is 4.85. The molecule has 0 saturated carbocycles. The predicted molar refractivity (Wildman–Crippen MR) is 113 cm³/mol. The van der Waals surface area contributed by atoms with E-state index in [9.17, 15) is 18.0 Å². The average Bonchev–Trinajstić information content (AvgIpc) is 2.77. The van der Waals surface area contributed by atoms with Crippen LogP contribution in [-0.4, -0.2) is 38.8 Å². The van der Waals surface area contributed by atoms with Crippen LogP contribution in [0, 0.1) is 0 Å². The lowest BCUT2D eigenvalue weighted by molar-refractivity contribution is -0.138. The summed E-state index contributed by atoms with van der Waals surface area (Å²) in [5.41, 5.74) is 0.560. The molecule has 0 unspecified atom stereocenters. The van der Waals surface area contributed by atoms with Crippen LogP contribution in [0.4, 0.5) is 18.9 Å². The summed E-state index contributed by atoms with van der Waals surface area (Å²) in [6, 6.07) is 11.4. The van der Waals surface area contributed by atoms with Gasteiger partial charge in [0.15, 0.2) is 0 Å². The zero-order chi connectivity index (χ0) is 22.3. The van der Waals surface area contributed by atoms with Crippen molar-refractivity contribution in [3.8, 4) is 5.75 Å². The van der Waals surface area contributed by atoms with Gasteiger partial charge >= 0.3 is 6.18 Å². The van der Waals surface area contributed by atoms with Crippen LogP contribution in [0.15, 0.2) is 48.5 Å². The highest BCUT2D eigenvalue weighted by molar-refractivity contribution is 5.91. The first-order valence-electron chi connectivity index (χ1n) is 10.1. The number of amides is 1. The molecule has 1 saturated heterocycles. The molecule has 0 bridgehead atoms. The van der Waals surface area contributed by atoms with Gasteiger partial charge in [0.2, 0.25) is 5.91 Å². The maximum absolute atomic E-state index is 13.6. The Labute approximate surface area is 179 Å². The van der Waals surface area contributed by atoms with E-state index in [2.05, 4.69) is 5.32 Å². The molecular weight excluding hydrogens is 409 g/mol. The molecule has 31 heavy (non-hydrogen) atoms. The van der Waals surface area contributed by atoms with Crippen molar-refractivity contribution in [3.63, 3.8) is 0 Å². The Morgan fingerprint density at radius 1 is 1.16 bits per heavy atom. The molecule has 1 amide bonds. The SMILES string of the molecule is CCOc1ccc(/C=C/C(=O)NCc2ccc(N3CCOCC3)cc2C(F)(F)F)cc1. The van der Waals surface area contributed by atoms with E-state index in [0.717, 1.165) is 17.4 Å². The molecule has 0 atom stereocenters. The van der Waals surface area contributed by atoms with E-state index in [0.29, 0.717) is 38.6 Å². The van der Waals surface area contributed by atoms with E-state index in [-0.39, 0.29) is 12.1 Å². The second-order valence-electron chi connectivity index (χ2n) is 6.99. The molecule has 2 aromatic rings. The number of ether oxygens (including phenoxy) is 2. The van der Waals surface area contributed by atoms with Gasteiger partial charge in [-0.25, -0.2) is 0 Å². The van der Waals surface area contributed by atoms with Crippen molar-refractivity contribution in [1.82, 2.24) is 5.32 Å². The molecule has 0 spiro atoms. The number of hydrogen-bond acceptors (Lipinski definition) is 4. The lowest BCUT2D eigenvalue weighted by Crippen LogP contribution is -2.36. The summed E-state index contributed by atoms with van der Waals surface area (Å²) in [5, 5.41) is 2.53. The summed E-state index contributed by atoms with van der Waals surface area (Å²) in [6.45, 7) is 4.29. The first-order chi connectivity index (χ1) is 14.9. The van der Waals surface area contributed by atoms with Gasteiger partial charge in [-0.2, -0.15) is 13.2 Å². The fraction of sp³-hybridized carbons (Fsp3) is 0.348. The van der Waals surface area contributed by atoms with Crippen LogP contribution in [0.25, 0.3) is 6.08 Å². The fourth-order valence-corrected chi connectivity index (χ4v) is 3.26. The van der Waals surface area contributed by atoms with E-state index in [1.807, 2.05) is 11.8 Å². The van der Waals surface area contributed by atoms with Crippen LogP contribution in [-0.2, 0) is 22.3 Å². The molecule has 1 fully saturated rings. The van der Waals surface area contributed by atoms with Crippen molar-refractivity contribution >= 4 is 17.7 Å². The van der Waals surface area contributed by atoms with Crippen LogP contribution in [0.1, 0.15) is 23.6 Å². The second-order valence-corrected chi connectivity index (χ2v) is 6.99. The summed E-state index contributed by atoms with van der Waals surface area (Å²) in [5.74, 6) is 0.253. The number of nitrogens with one attached hydrogen (secondary N) is 1. The third kappa shape index (κ3) is 6.49. The Kier molecular flexibility index (Phi) is 7.57. The van der Waals surface area contributed by atoms with E-state index < -0.39 is 17.6 Å². The van der Waals surface area contributed by atoms with Crippen molar-refractivity contribution < 1.29 is 27.4 Å². The van der Waals surface area contributed by atoms with Crippen LogP contribution in [0.5, 0.6) is 5.75 Å². The van der Waals surface area contributed by atoms with Crippen molar-refractivity contribution in [3.05, 3.63) is 65.2 Å². The Balaban J connectivity index is 1.64. The summed E-state index contributed by atoms with van der Waals surface area (Å²) in [6.07, 6.45) is -1.62. The molecule has 1 aliphatic heterocycles. The van der Waals surface area contributed by atoms with Gasteiger partial charge in [-0.15, -0.1) is 0 Å². The maximum Gasteiger partial charge on any atom is 0.416 e. The standard InChI is InChI=1S/C23H25F3N2O3/c1-2-31-20-8-3-17(4-9-20)5-10-22(29)27-16-18-6-7-19(15-21(18)23(24,25)26)28-11-13-30-14-12-28/h3-10,15H,2,11-14,16H2,1H3,(H,27,29)/b10-5+. The van der Waals surface area contributed by atoms with Crippen molar-refractivity contribution in [2.24, 2.45) is 0 Å². The van der Waals surface area contributed by atoms with Crippen molar-refractivity contribution in [2.45, 2.75) is 19.6 Å². The lowest BCUT2D eigenvalue weighted by Gasteiger charge is -2.29. The molecule has 1 aliphatic rings. The molecule has 8 heteroatoms. The van der Waals surface area contributed by atoms with Crippen LogP contribution in [0.2, 0.25) is 0 Å². The molecular formula is C23H25F3N2O3. The minimum atomic E-state index is -4.51. The predicted octanol–water partition coefficient (Wildman–Crippen LogP) is 4.27. The van der Waals surface area contributed by atoms with Gasteiger partial charge in [0.05, 0.1) is 25.4 Å². The molecule has 0 radical (unpaired) electrons. The van der Waals surface area contributed by atoms with Crippen molar-refractivity contribution in [2.75, 3.05) is 37.8 Å². The number of hydrogen-bond donors (Lipinski definition) is 1. The smallest absolute Gasteiger partial charge is 0.416 e. The van der Waals surface area contributed by atoms with Gasteiger partial charge in [0.1, 0.15) is 5.75 Å². The number of halogens is 3. The first-order valence-corrected chi connectivity index (χ1v) is 10.1. The Morgan fingerprint density at radius 3 is 2.52 bits per heavy atom. The van der Waals surface area contributed by atoms with E-state index in [1.54, 1.807) is 36.4 Å². The molecule has 166 valence electrons. The molecule has 5 nitrogen and oxygen atoms in total. The van der Waals surface area contributed by atoms with Crippen LogP contribution >= 0.6 is 0 Å². The third-order valence-electron chi connectivity index (χ3n) is 4.85. The summed E-state index contributed by atoms with van der Waals surface area (Å²) < 4.78 is 51.4. The first kappa shape index (κ1) is 22.7. The van der Waals surface area contributed by atoms with E-state index in [4.69, 9.17) is 9.47 Å². The number of carbonyl (C=O) groups is 1. The minimum absolute atomic E-state index is 0.0207. The molecule has 0 aromatic heterocycles. The summed E-state index contributed by atoms with van der Waals surface area (Å²) in [4.78, 5) is 14.0. The molecule has 1 N–H and O–H groups in total. The number of rotatable bonds is 7. The number of benzene rings is 2. The second kappa shape index (κ2) is 10.3. The fourth-order valence-electron chi connectivity index (χ4n) is 3.26. The zero-order valence-corrected chi connectivity index (χ0v) is 17.2. The Morgan fingerprint density at radius 2 is 1.87 bits per heavy atom. The molecule has 0 aliphatic carbocycles. The van der Waals surface area contributed by atoms with Crippen LogP contribution in [0.3, 0.4) is 0 Å². The monoisotopic (exact) mass is 434 g/mol. The van der Waals surface area contributed by atoms with Gasteiger partial charge in [-0.1, -0.05) is 18.2 Å². The largest absolute Gasteiger partial charge is 0.494 e. The van der Waals surface area contributed by atoms with Gasteiger partial charge in [-0.3, -0.25) is 4.79 Å². The van der Waals surface area contributed by atoms with Gasteiger partial charge in [0.25, 0.3) is 0 Å².